The maximum atomic E-state index is 4.44. The van der Waals surface area contributed by atoms with Crippen molar-refractivity contribution in [3.8, 4) is 0 Å². The molecule has 62 valence electrons. The Kier molecular flexibility index (Phi) is 1.75. The first-order valence-electron chi connectivity index (χ1n) is 3.95. The Morgan fingerprint density at radius 3 is 2.92 bits per heavy atom. The zero-order valence-corrected chi connectivity index (χ0v) is 9.29. The first-order valence-corrected chi connectivity index (χ1v) is 5.03. The Labute approximate surface area is 86.0 Å². The molecule has 2 rings (SSSR count). The fourth-order valence-electron chi connectivity index (χ4n) is 1.50. The minimum Gasteiger partial charge on any atom is -0.259 e. The lowest BCUT2D eigenvalue weighted by atomic mass is 9.92. The Morgan fingerprint density at radius 1 is 1.42 bits per heavy atom. The van der Waals surface area contributed by atoms with Crippen LogP contribution in [0.3, 0.4) is 0 Å². The number of fused-ring (bicyclic) bond motifs is 1. The van der Waals surface area contributed by atoms with E-state index in [-0.39, 0.29) is 5.41 Å². The number of allylic oxidation sites excluding steroid dienone is 1. The van der Waals surface area contributed by atoms with E-state index in [1.165, 1.54) is 14.8 Å². The van der Waals surface area contributed by atoms with Crippen LogP contribution >= 0.6 is 22.6 Å². The van der Waals surface area contributed by atoms with Crippen molar-refractivity contribution < 1.29 is 0 Å². The van der Waals surface area contributed by atoms with Gasteiger partial charge in [-0.3, -0.25) is 4.98 Å². The van der Waals surface area contributed by atoms with Crippen molar-refractivity contribution in [3.05, 3.63) is 33.2 Å². The Balaban J connectivity index is 2.62. The van der Waals surface area contributed by atoms with Crippen molar-refractivity contribution in [2.75, 3.05) is 0 Å². The molecule has 0 bridgehead atoms. The number of hydrogen-bond acceptors (Lipinski definition) is 1. The Hall–Kier alpha value is -0.380. The van der Waals surface area contributed by atoms with Gasteiger partial charge < -0.3 is 0 Å². The van der Waals surface area contributed by atoms with E-state index in [2.05, 4.69) is 59.6 Å². The van der Waals surface area contributed by atoms with Crippen molar-refractivity contribution in [2.24, 2.45) is 0 Å². The van der Waals surface area contributed by atoms with Crippen molar-refractivity contribution in [2.45, 2.75) is 19.3 Å². The molecule has 0 fully saturated rings. The highest BCUT2D eigenvalue weighted by atomic mass is 127. The fourth-order valence-corrected chi connectivity index (χ4v) is 1.97. The number of hydrogen-bond donors (Lipinski definition) is 0. The summed E-state index contributed by atoms with van der Waals surface area (Å²) in [5.41, 5.74) is 2.59. The van der Waals surface area contributed by atoms with Crippen molar-refractivity contribution in [1.29, 1.82) is 0 Å². The van der Waals surface area contributed by atoms with Gasteiger partial charge in [-0.25, -0.2) is 0 Å². The van der Waals surface area contributed by atoms with E-state index in [1.807, 2.05) is 6.20 Å². The van der Waals surface area contributed by atoms with Crippen molar-refractivity contribution in [3.63, 3.8) is 0 Å². The van der Waals surface area contributed by atoms with Crippen LogP contribution in [0.1, 0.15) is 25.1 Å². The van der Waals surface area contributed by atoms with Crippen molar-refractivity contribution >= 4 is 28.7 Å². The molecular weight excluding hydrogens is 261 g/mol. The predicted molar refractivity (Wildman–Crippen MR) is 59.0 cm³/mol. The monoisotopic (exact) mass is 271 g/mol. The van der Waals surface area contributed by atoms with Gasteiger partial charge in [0, 0.05) is 15.2 Å². The summed E-state index contributed by atoms with van der Waals surface area (Å²) in [6.45, 7) is 4.38. The molecule has 0 aromatic carbocycles. The molecule has 1 aliphatic carbocycles. The fraction of sp³-hybridized carbons (Fsp3) is 0.300. The molecular formula is C10H10IN. The number of nitrogens with zero attached hydrogens (tertiary/aromatic N) is 1. The van der Waals surface area contributed by atoms with E-state index < -0.39 is 0 Å². The molecule has 0 saturated carbocycles. The molecule has 0 unspecified atom stereocenters. The van der Waals surface area contributed by atoms with Gasteiger partial charge in [0.05, 0.1) is 5.69 Å². The lowest BCUT2D eigenvalue weighted by Crippen LogP contribution is -2.12. The summed E-state index contributed by atoms with van der Waals surface area (Å²) < 4.78 is 1.20. The maximum Gasteiger partial charge on any atom is 0.0570 e. The van der Waals surface area contributed by atoms with Gasteiger partial charge in [-0.05, 0) is 34.2 Å². The van der Waals surface area contributed by atoms with Crippen LogP contribution in [-0.4, -0.2) is 4.98 Å². The molecule has 1 heterocycles. The van der Waals surface area contributed by atoms with E-state index in [9.17, 15) is 0 Å². The predicted octanol–water partition coefficient (Wildman–Crippen LogP) is 2.99. The molecule has 0 saturated heterocycles. The van der Waals surface area contributed by atoms with Crippen LogP contribution in [0, 0.1) is 3.57 Å². The molecule has 0 radical (unpaired) electrons. The number of pyridine rings is 1. The highest BCUT2D eigenvalue weighted by Gasteiger charge is 2.25. The lowest BCUT2D eigenvalue weighted by molar-refractivity contribution is 0.656. The molecule has 2 heteroatoms. The summed E-state index contributed by atoms with van der Waals surface area (Å²) in [6, 6.07) is 2.17. The minimum atomic E-state index is 0.125. The van der Waals surface area contributed by atoms with Gasteiger partial charge in [-0.2, -0.15) is 0 Å². The highest BCUT2D eigenvalue weighted by Crippen LogP contribution is 2.33. The SMILES string of the molecule is CC1(C)C=Cc2cc(I)cnc21. The average molecular weight is 271 g/mol. The molecule has 1 aromatic heterocycles. The summed E-state index contributed by atoms with van der Waals surface area (Å²) in [5, 5.41) is 0. The summed E-state index contributed by atoms with van der Waals surface area (Å²) in [7, 11) is 0. The van der Waals surface area contributed by atoms with Crippen LogP contribution in [-0.2, 0) is 5.41 Å². The Bertz CT molecular complexity index is 353. The topological polar surface area (TPSA) is 12.9 Å². The summed E-state index contributed by atoms with van der Waals surface area (Å²) >= 11 is 2.29. The summed E-state index contributed by atoms with van der Waals surface area (Å²) in [5.74, 6) is 0. The van der Waals surface area contributed by atoms with Crippen molar-refractivity contribution in [1.82, 2.24) is 4.98 Å². The second-order valence-corrected chi connectivity index (χ2v) is 4.89. The van der Waals surface area contributed by atoms with Crippen LogP contribution in [0.15, 0.2) is 18.3 Å². The zero-order chi connectivity index (χ0) is 8.77. The van der Waals surface area contributed by atoms with Crippen LogP contribution in [0.4, 0.5) is 0 Å². The zero-order valence-electron chi connectivity index (χ0n) is 7.13. The third kappa shape index (κ3) is 1.18. The highest BCUT2D eigenvalue weighted by molar-refractivity contribution is 14.1. The maximum absolute atomic E-state index is 4.44. The second-order valence-electron chi connectivity index (χ2n) is 3.65. The van der Waals surface area contributed by atoms with Gasteiger partial charge >= 0.3 is 0 Å². The van der Waals surface area contributed by atoms with E-state index in [1.54, 1.807) is 0 Å². The van der Waals surface area contributed by atoms with Gasteiger partial charge in [0.15, 0.2) is 0 Å². The van der Waals surface area contributed by atoms with E-state index in [4.69, 9.17) is 0 Å². The average Bonchev–Trinajstić information content (AvgIpc) is 2.27. The second kappa shape index (κ2) is 2.55. The number of rotatable bonds is 0. The van der Waals surface area contributed by atoms with Gasteiger partial charge in [0.1, 0.15) is 0 Å². The lowest BCUT2D eigenvalue weighted by Gasteiger charge is -2.15. The van der Waals surface area contributed by atoms with Gasteiger partial charge in [-0.15, -0.1) is 0 Å². The number of aromatic nitrogens is 1. The first kappa shape index (κ1) is 8.23. The van der Waals surface area contributed by atoms with Crippen LogP contribution in [0.25, 0.3) is 6.08 Å². The van der Waals surface area contributed by atoms with Gasteiger partial charge in [-0.1, -0.05) is 26.0 Å². The molecule has 0 N–H and O–H groups in total. The first-order chi connectivity index (χ1) is 5.59. The van der Waals surface area contributed by atoms with Gasteiger partial charge in [0.2, 0.25) is 0 Å². The largest absolute Gasteiger partial charge is 0.259 e. The number of halogens is 1. The normalized spacial score (nSPS) is 17.9. The molecule has 1 aromatic rings. The Morgan fingerprint density at radius 2 is 2.17 bits per heavy atom. The summed E-state index contributed by atoms with van der Waals surface area (Å²) in [4.78, 5) is 4.44. The van der Waals surface area contributed by atoms with Crippen LogP contribution < -0.4 is 0 Å². The quantitative estimate of drug-likeness (QED) is 0.661. The van der Waals surface area contributed by atoms with E-state index in [0.717, 1.165) is 0 Å². The molecule has 0 atom stereocenters. The molecule has 1 aliphatic rings. The third-order valence-electron chi connectivity index (χ3n) is 2.17. The summed E-state index contributed by atoms with van der Waals surface area (Å²) in [6.07, 6.45) is 6.29. The van der Waals surface area contributed by atoms with Crippen LogP contribution in [0.2, 0.25) is 0 Å². The third-order valence-corrected chi connectivity index (χ3v) is 2.76. The minimum absolute atomic E-state index is 0.125. The van der Waals surface area contributed by atoms with E-state index >= 15 is 0 Å². The molecule has 12 heavy (non-hydrogen) atoms. The standard InChI is InChI=1S/C10H10IN/c1-10(2)4-3-7-5-8(11)6-12-9(7)10/h3-6H,1-2H3. The molecule has 0 aliphatic heterocycles. The smallest absolute Gasteiger partial charge is 0.0570 e. The molecule has 0 amide bonds. The molecule has 0 spiro atoms. The molecule has 1 nitrogen and oxygen atoms in total. The van der Waals surface area contributed by atoms with Crippen LogP contribution in [0.5, 0.6) is 0 Å². The van der Waals surface area contributed by atoms with E-state index in [0.29, 0.717) is 0 Å². The van der Waals surface area contributed by atoms with Gasteiger partial charge in [0.25, 0.3) is 0 Å².